The number of ether oxygens (including phenoxy) is 4. The van der Waals surface area contributed by atoms with Crippen LogP contribution in [0.2, 0.25) is 0 Å². The van der Waals surface area contributed by atoms with Crippen LogP contribution in [0, 0.1) is 34.4 Å². The quantitative estimate of drug-likeness (QED) is 0.203. The van der Waals surface area contributed by atoms with Gasteiger partial charge in [-0.3, -0.25) is 24.0 Å². The maximum Gasteiger partial charge on any atom is 0.413 e. The smallest absolute Gasteiger partial charge is 0.413 e. The highest BCUT2D eigenvalue weighted by Crippen LogP contribution is 2.67. The summed E-state index contributed by atoms with van der Waals surface area (Å²) in [5, 5.41) is 33.4. The summed E-state index contributed by atoms with van der Waals surface area (Å²) in [6, 6.07) is 0.773. The fourth-order valence-electron chi connectivity index (χ4n) is 11.8. The van der Waals surface area contributed by atoms with E-state index in [0.717, 1.165) is 24.8 Å². The van der Waals surface area contributed by atoms with E-state index in [-0.39, 0.29) is 84.4 Å². The second kappa shape index (κ2) is 16.8. The fraction of sp³-hybridized carbons (Fsp3) is 0.609. The van der Waals surface area contributed by atoms with Gasteiger partial charge in [-0.05, 0) is 81.9 Å². The normalized spacial score (nSPS) is 31.1. The number of benzene rings is 1. The maximum atomic E-state index is 15.8. The number of aliphatic hydroxyl groups excluding tert-OH is 2. The van der Waals surface area contributed by atoms with Crippen LogP contribution in [-0.2, 0) is 40.0 Å². The van der Waals surface area contributed by atoms with Crippen molar-refractivity contribution in [1.29, 1.82) is 0 Å². The Bertz CT molecular complexity index is 2360. The number of aromatic nitrogens is 1. The van der Waals surface area contributed by atoms with E-state index >= 15 is 4.39 Å². The highest BCUT2D eigenvalue weighted by Gasteiger charge is 2.68. The van der Waals surface area contributed by atoms with Gasteiger partial charge in [0.1, 0.15) is 11.3 Å². The van der Waals surface area contributed by atoms with Crippen LogP contribution in [0.3, 0.4) is 0 Å². The van der Waals surface area contributed by atoms with E-state index in [0.29, 0.717) is 18.4 Å². The van der Waals surface area contributed by atoms with Gasteiger partial charge in [0, 0.05) is 60.2 Å². The highest BCUT2D eigenvalue weighted by atomic mass is 19.1. The average molecular weight is 878 g/mol. The first-order chi connectivity index (χ1) is 29.9. The number of pyridine rings is 1. The molecule has 0 radical (unpaired) electrons. The fourth-order valence-corrected chi connectivity index (χ4v) is 11.8. The molecule has 17 heteroatoms. The Morgan fingerprint density at radius 2 is 1.73 bits per heavy atom. The molecule has 5 fully saturated rings. The topological polar surface area (TPSA) is 211 Å². The maximum absolute atomic E-state index is 15.8. The van der Waals surface area contributed by atoms with Gasteiger partial charge in [-0.2, -0.15) is 0 Å². The van der Waals surface area contributed by atoms with Gasteiger partial charge in [0.15, 0.2) is 29.4 Å². The van der Waals surface area contributed by atoms with Crippen LogP contribution in [0.25, 0.3) is 10.9 Å². The van der Waals surface area contributed by atoms with Gasteiger partial charge in [-0.25, -0.2) is 9.18 Å². The van der Waals surface area contributed by atoms with Gasteiger partial charge in [-0.15, -0.1) is 0 Å². The van der Waals surface area contributed by atoms with Gasteiger partial charge in [-0.1, -0.05) is 25.5 Å². The number of anilines is 1. The summed E-state index contributed by atoms with van der Waals surface area (Å²) in [6.07, 6.45) is 8.28. The van der Waals surface area contributed by atoms with Gasteiger partial charge in [0.05, 0.1) is 43.6 Å². The Kier molecular flexibility index (Phi) is 11.8. The lowest BCUT2D eigenvalue weighted by molar-refractivity contribution is -0.181. The number of nitrogens with zero attached hydrogens (tertiary/aromatic N) is 3. The van der Waals surface area contributed by atoms with Crippen molar-refractivity contribution in [3.05, 3.63) is 57.7 Å². The molecule has 63 heavy (non-hydrogen) atoms. The number of allylic oxidation sites excluding steroid dienone is 4. The van der Waals surface area contributed by atoms with Crippen molar-refractivity contribution in [1.82, 2.24) is 9.47 Å². The van der Waals surface area contributed by atoms with Crippen LogP contribution < -0.4 is 15.1 Å². The van der Waals surface area contributed by atoms with E-state index in [1.54, 1.807) is 30.2 Å². The molecule has 4 unspecified atom stereocenters. The summed E-state index contributed by atoms with van der Waals surface area (Å²) >= 11 is 0. The zero-order chi connectivity index (χ0) is 45.2. The lowest BCUT2D eigenvalue weighted by atomic mass is 9.46. The van der Waals surface area contributed by atoms with Gasteiger partial charge < -0.3 is 48.6 Å². The summed E-state index contributed by atoms with van der Waals surface area (Å²) in [7, 11) is 1.40. The summed E-state index contributed by atoms with van der Waals surface area (Å²) in [5.74, 6) is -3.17. The number of hydrogen-bond acceptors (Lipinski definition) is 14. The van der Waals surface area contributed by atoms with E-state index in [1.807, 2.05) is 24.5 Å². The van der Waals surface area contributed by atoms with Crippen molar-refractivity contribution in [3.8, 4) is 5.75 Å². The number of amides is 1. The molecule has 2 aromatic rings. The van der Waals surface area contributed by atoms with E-state index in [4.69, 9.17) is 18.9 Å². The summed E-state index contributed by atoms with van der Waals surface area (Å²) in [6.45, 7) is 4.19. The molecule has 1 aromatic carbocycles. The predicted molar refractivity (Wildman–Crippen MR) is 223 cm³/mol. The Hall–Kier alpha value is -5.13. The molecule has 16 nitrogen and oxygen atoms in total. The predicted octanol–water partition coefficient (Wildman–Crippen LogP) is 4.03. The summed E-state index contributed by atoms with van der Waals surface area (Å²) in [4.78, 5) is 80.1. The minimum atomic E-state index is -1.83. The molecule has 340 valence electrons. The van der Waals surface area contributed by atoms with Gasteiger partial charge in [0.25, 0.3) is 0 Å². The first kappa shape index (κ1) is 44.5. The average Bonchev–Trinajstić information content (AvgIpc) is 4.06. The first-order valence-electron chi connectivity index (χ1n) is 21.9. The van der Waals surface area contributed by atoms with Crippen LogP contribution in [0.5, 0.6) is 5.75 Å². The molecule has 8 atom stereocenters. The van der Waals surface area contributed by atoms with E-state index in [1.165, 1.54) is 18.1 Å². The minimum absolute atomic E-state index is 0.0114. The molecule has 1 aliphatic heterocycles. The SMILES string of the molecule is COc1c(N2CCN(C(=O)OCOC(=O)CCC(=O)OCC(=O)[C@@]3(O)CCC4C5CCC6=CC(=O)C=C[C@]6(C)C5[C@@H](O)C[C@@]43C)C(C)C2)c(F)cc2c(=O)c(CO)cn(C3CC3)c12. The van der Waals surface area contributed by atoms with E-state index < -0.39 is 96.5 Å². The molecule has 1 saturated heterocycles. The van der Waals surface area contributed by atoms with Crippen molar-refractivity contribution in [3.63, 3.8) is 0 Å². The van der Waals surface area contributed by atoms with Crippen molar-refractivity contribution in [2.45, 2.75) is 109 Å². The zero-order valence-electron chi connectivity index (χ0n) is 36.1. The largest absolute Gasteiger partial charge is 0.492 e. The molecule has 8 rings (SSSR count). The number of Topliss-reactive ketones (excluding diaryl/α,β-unsaturated/α-hetero) is 1. The second-order valence-electron chi connectivity index (χ2n) is 18.6. The third-order valence-electron chi connectivity index (χ3n) is 15.2. The lowest BCUT2D eigenvalue weighted by Gasteiger charge is -2.59. The molecular weight excluding hydrogens is 822 g/mol. The molecule has 0 spiro atoms. The number of ketones is 2. The molecule has 1 amide bonds. The monoisotopic (exact) mass is 877 g/mol. The molecule has 0 bridgehead atoms. The Balaban J connectivity index is 0.795. The number of methoxy groups -OCH3 is 1. The van der Waals surface area contributed by atoms with Crippen LogP contribution in [0.15, 0.2) is 40.9 Å². The third kappa shape index (κ3) is 7.62. The minimum Gasteiger partial charge on any atom is -0.492 e. The highest BCUT2D eigenvalue weighted by molar-refractivity contribution is 6.01. The number of aliphatic hydroxyl groups is 3. The Morgan fingerprint density at radius 3 is 2.41 bits per heavy atom. The summed E-state index contributed by atoms with van der Waals surface area (Å²) < 4.78 is 38.9. The van der Waals surface area contributed by atoms with Crippen molar-refractivity contribution in [2.24, 2.45) is 28.6 Å². The van der Waals surface area contributed by atoms with E-state index in [9.17, 15) is 44.1 Å². The molecule has 4 saturated carbocycles. The molecule has 5 aliphatic carbocycles. The second-order valence-corrected chi connectivity index (χ2v) is 18.6. The van der Waals surface area contributed by atoms with Crippen LogP contribution in [0.4, 0.5) is 14.9 Å². The summed E-state index contributed by atoms with van der Waals surface area (Å²) in [5.41, 5.74) is -2.01. The van der Waals surface area contributed by atoms with Gasteiger partial charge >= 0.3 is 18.0 Å². The molecular formula is C46H56FN3O13. The molecule has 1 aromatic heterocycles. The molecule has 6 aliphatic rings. The Labute approximate surface area is 363 Å². The van der Waals surface area contributed by atoms with Crippen LogP contribution >= 0.6 is 0 Å². The standard InChI is InChI=1S/C46H56FN3O13/c1-25-20-48(40-33(47)18-31-39(42(40)60-4)50(28-6-7-28)21-26(22-51)41(31)57)15-16-49(25)43(58)63-24-62-37(56)10-9-36(55)61-23-35(54)46(59)14-12-32-30-8-5-27-17-29(52)11-13-44(27,2)38(30)34(53)19-45(32,46)3/h11,13,17-18,21,25,28,30,32,34,38,51,53,59H,5-10,12,14-16,19-20,22-24H2,1-4H3/t25?,30?,32?,34-,38?,44-,45-,46-/m0/s1. The number of rotatable bonds is 12. The number of piperazine rings is 1. The number of carbonyl (C=O) groups excluding carboxylic acids is 5. The van der Waals surface area contributed by atoms with Gasteiger partial charge in [0.2, 0.25) is 12.6 Å². The Morgan fingerprint density at radius 1 is 1.00 bits per heavy atom. The van der Waals surface area contributed by atoms with Crippen molar-refractivity contribution in [2.75, 3.05) is 45.0 Å². The van der Waals surface area contributed by atoms with Crippen LogP contribution in [-0.4, -0.2) is 112 Å². The van der Waals surface area contributed by atoms with Crippen molar-refractivity contribution >= 4 is 46.2 Å². The zero-order valence-corrected chi connectivity index (χ0v) is 36.1. The van der Waals surface area contributed by atoms with Crippen molar-refractivity contribution < 1.29 is 62.6 Å². The first-order valence-corrected chi connectivity index (χ1v) is 21.9. The number of esters is 2. The number of carbonyl (C=O) groups is 5. The molecule has 3 N–H and O–H groups in total. The molecule has 2 heterocycles. The number of halogens is 1. The number of fused-ring (bicyclic) bond motifs is 6. The number of hydrogen-bond donors (Lipinski definition) is 3. The van der Waals surface area contributed by atoms with E-state index in [2.05, 4.69) is 0 Å². The lowest BCUT2D eigenvalue weighted by Crippen LogP contribution is -2.61. The third-order valence-corrected chi connectivity index (χ3v) is 15.2. The van der Waals surface area contributed by atoms with Crippen LogP contribution in [0.1, 0.15) is 90.2 Å².